The van der Waals surface area contributed by atoms with Crippen LogP contribution in [0.1, 0.15) is 32.1 Å². The molecule has 11 heavy (non-hydrogen) atoms. The van der Waals surface area contributed by atoms with E-state index in [9.17, 15) is 4.91 Å². The molecule has 0 aliphatic heterocycles. The smallest absolute Gasteiger partial charge is 0.174 e. The van der Waals surface area contributed by atoms with Crippen LogP contribution in [0.15, 0.2) is 5.18 Å². The second kappa shape index (κ2) is 4.82. The molecule has 0 aromatic rings. The molecule has 1 rings (SSSR count). The first-order valence-corrected chi connectivity index (χ1v) is 3.59. The first kappa shape index (κ1) is 11.0. The molecule has 1 saturated carbocycles. The van der Waals surface area contributed by atoms with E-state index in [0.717, 1.165) is 19.3 Å². The summed E-state index contributed by atoms with van der Waals surface area (Å²) >= 11 is 0. The average molecular weight is 208 g/mol. The molecule has 0 saturated heterocycles. The molecule has 0 aromatic heterocycles. The Labute approximate surface area is 76.1 Å². The van der Waals surface area contributed by atoms with Gasteiger partial charge < -0.3 is 5.21 Å². The van der Waals surface area contributed by atoms with E-state index < -0.39 is 5.66 Å². The minimum Gasteiger partial charge on any atom is -0.314 e. The van der Waals surface area contributed by atoms with Crippen molar-refractivity contribution in [3.63, 3.8) is 0 Å². The summed E-state index contributed by atoms with van der Waals surface area (Å²) < 4.78 is 0. The Bertz CT molecular complexity index is 126. The topological polar surface area (TPSA) is 61.7 Å². The normalized spacial score (nSPS) is 21.9. The van der Waals surface area contributed by atoms with Crippen LogP contribution in [0.5, 0.6) is 0 Å². The van der Waals surface area contributed by atoms with Crippen LogP contribution in [0, 0.1) is 4.91 Å². The van der Waals surface area contributed by atoms with E-state index in [4.69, 9.17) is 5.21 Å². The van der Waals surface area contributed by atoms with Crippen LogP contribution in [0.25, 0.3) is 0 Å². The molecule has 2 N–H and O–H groups in total. The van der Waals surface area contributed by atoms with Gasteiger partial charge in [-0.1, -0.05) is 6.42 Å². The van der Waals surface area contributed by atoms with Crippen molar-refractivity contribution in [1.29, 1.82) is 0 Å². The van der Waals surface area contributed by atoms with Gasteiger partial charge in [-0.05, 0) is 30.9 Å². The summed E-state index contributed by atoms with van der Waals surface area (Å²) in [6.45, 7) is 0. The first-order valence-electron chi connectivity index (χ1n) is 3.59. The summed E-state index contributed by atoms with van der Waals surface area (Å²) in [5.74, 6) is 0. The minimum absolute atomic E-state index is 0. The van der Waals surface area contributed by atoms with Gasteiger partial charge in [0.15, 0.2) is 5.66 Å². The Morgan fingerprint density at radius 2 is 1.82 bits per heavy atom. The number of hydrogen-bond acceptors (Lipinski definition) is 4. The van der Waals surface area contributed by atoms with Crippen molar-refractivity contribution in [2.75, 3.05) is 0 Å². The van der Waals surface area contributed by atoms with Crippen molar-refractivity contribution >= 4 is 0 Å². The molecule has 1 fully saturated rings. The van der Waals surface area contributed by atoms with Crippen LogP contribution < -0.4 is 5.48 Å². The van der Waals surface area contributed by atoms with Gasteiger partial charge in [-0.3, -0.25) is 0 Å². The number of rotatable bonds is 2. The fourth-order valence-electron chi connectivity index (χ4n) is 1.36. The summed E-state index contributed by atoms with van der Waals surface area (Å²) in [6, 6.07) is 0. The molecule has 0 spiro atoms. The van der Waals surface area contributed by atoms with E-state index in [1.165, 1.54) is 0 Å². The van der Waals surface area contributed by atoms with E-state index in [-0.39, 0.29) is 17.1 Å². The Hall–Kier alpha value is 0.0395. The predicted octanol–water partition coefficient (Wildman–Crippen LogP) is 1.39. The molecular weight excluding hydrogens is 196 g/mol. The molecule has 0 aromatic carbocycles. The van der Waals surface area contributed by atoms with Gasteiger partial charge in [-0.15, -0.1) is 4.91 Å². The van der Waals surface area contributed by atoms with E-state index in [0.29, 0.717) is 12.8 Å². The molecule has 1 radical (unpaired) electrons. The maximum Gasteiger partial charge on any atom is 0.174 e. The van der Waals surface area contributed by atoms with Gasteiger partial charge in [0, 0.05) is 17.1 Å². The van der Waals surface area contributed by atoms with Gasteiger partial charge in [-0.2, -0.15) is 5.48 Å². The molecule has 1 aliphatic carbocycles. The quantitative estimate of drug-likeness (QED) is 0.409. The minimum atomic E-state index is -0.863. The zero-order chi connectivity index (χ0) is 7.45. The summed E-state index contributed by atoms with van der Waals surface area (Å²) in [4.78, 5) is 10.2. The molecular formula is C6H12CuN2O2. The predicted molar refractivity (Wildman–Crippen MR) is 36.5 cm³/mol. The fourth-order valence-corrected chi connectivity index (χ4v) is 1.36. The maximum absolute atomic E-state index is 10.2. The zero-order valence-corrected chi connectivity index (χ0v) is 7.08. The third-order valence-electron chi connectivity index (χ3n) is 2.06. The number of hydrogen-bond donors (Lipinski definition) is 2. The van der Waals surface area contributed by atoms with Crippen molar-refractivity contribution < 1.29 is 22.3 Å². The summed E-state index contributed by atoms with van der Waals surface area (Å²) in [6.07, 6.45) is 4.40. The molecule has 0 heterocycles. The maximum atomic E-state index is 10.2. The standard InChI is InChI=1S/C6H12N2O2.Cu/c9-7-6(8-10)4-2-1-3-5-6;/h7,9H,1-5H2;. The van der Waals surface area contributed by atoms with Crippen LogP contribution >= 0.6 is 0 Å². The van der Waals surface area contributed by atoms with Crippen LogP contribution in [-0.2, 0) is 17.1 Å². The Morgan fingerprint density at radius 3 is 2.09 bits per heavy atom. The van der Waals surface area contributed by atoms with Crippen LogP contribution in [0.3, 0.4) is 0 Å². The SMILES string of the molecule is O=NC1(NO)CCCCC1.[Cu]. The first-order chi connectivity index (χ1) is 4.83. The van der Waals surface area contributed by atoms with Crippen molar-refractivity contribution in [2.24, 2.45) is 5.18 Å². The molecule has 0 atom stereocenters. The van der Waals surface area contributed by atoms with E-state index >= 15 is 0 Å². The van der Waals surface area contributed by atoms with E-state index in [2.05, 4.69) is 5.18 Å². The Morgan fingerprint density at radius 1 is 1.27 bits per heavy atom. The molecule has 1 aliphatic rings. The zero-order valence-electron chi connectivity index (χ0n) is 6.14. The van der Waals surface area contributed by atoms with Crippen LogP contribution in [0.4, 0.5) is 0 Å². The number of nitroso groups, excluding NO2 is 1. The van der Waals surface area contributed by atoms with Crippen LogP contribution in [0.2, 0.25) is 0 Å². The second-order valence-electron chi connectivity index (χ2n) is 2.80. The number of hydroxylamine groups is 1. The largest absolute Gasteiger partial charge is 0.314 e. The Balaban J connectivity index is 0.000001000. The summed E-state index contributed by atoms with van der Waals surface area (Å²) in [7, 11) is 0. The van der Waals surface area contributed by atoms with E-state index in [1.54, 1.807) is 0 Å². The molecule has 0 bridgehead atoms. The van der Waals surface area contributed by atoms with Crippen molar-refractivity contribution in [1.82, 2.24) is 5.48 Å². The third-order valence-corrected chi connectivity index (χ3v) is 2.06. The van der Waals surface area contributed by atoms with Crippen molar-refractivity contribution in [2.45, 2.75) is 37.8 Å². The monoisotopic (exact) mass is 207 g/mol. The molecule has 69 valence electrons. The Kier molecular flexibility index (Phi) is 4.84. The summed E-state index contributed by atoms with van der Waals surface area (Å²) in [5.41, 5.74) is 1.13. The van der Waals surface area contributed by atoms with Gasteiger partial charge in [0.25, 0.3) is 0 Å². The van der Waals surface area contributed by atoms with Crippen LogP contribution in [-0.4, -0.2) is 10.9 Å². The molecule has 4 nitrogen and oxygen atoms in total. The second-order valence-corrected chi connectivity index (χ2v) is 2.80. The van der Waals surface area contributed by atoms with Gasteiger partial charge >= 0.3 is 0 Å². The molecule has 0 amide bonds. The number of nitrogens with one attached hydrogen (secondary N) is 1. The molecule has 5 heteroatoms. The van der Waals surface area contributed by atoms with Crippen molar-refractivity contribution in [3.05, 3.63) is 4.91 Å². The summed E-state index contributed by atoms with van der Waals surface area (Å²) in [5, 5.41) is 11.5. The molecule has 0 unspecified atom stereocenters. The van der Waals surface area contributed by atoms with Crippen molar-refractivity contribution in [3.8, 4) is 0 Å². The number of nitrogens with zero attached hydrogens (tertiary/aromatic N) is 1. The third kappa shape index (κ3) is 2.52. The van der Waals surface area contributed by atoms with Gasteiger partial charge in [0.1, 0.15) is 0 Å². The van der Waals surface area contributed by atoms with Gasteiger partial charge in [-0.25, -0.2) is 0 Å². The van der Waals surface area contributed by atoms with Gasteiger partial charge in [0.2, 0.25) is 0 Å². The van der Waals surface area contributed by atoms with E-state index in [1.807, 2.05) is 5.48 Å². The average Bonchev–Trinajstić information content (AvgIpc) is 2.06. The van der Waals surface area contributed by atoms with Gasteiger partial charge in [0.05, 0.1) is 0 Å². The fraction of sp³-hybridized carbons (Fsp3) is 1.00.